The van der Waals surface area contributed by atoms with Crippen molar-refractivity contribution in [3.05, 3.63) is 12.2 Å². The zero-order chi connectivity index (χ0) is 12.7. The number of allylic oxidation sites excluding steroid dienone is 1. The van der Waals surface area contributed by atoms with Crippen LogP contribution in [0.25, 0.3) is 0 Å². The predicted octanol–water partition coefficient (Wildman–Crippen LogP) is 1.73. The molecule has 1 aromatic heterocycles. The molecule has 0 aromatic carbocycles. The van der Waals surface area contributed by atoms with Gasteiger partial charge in [-0.1, -0.05) is 23.9 Å². The molecular formula is C11H21N5S. The second-order valence-electron chi connectivity index (χ2n) is 4.74. The van der Waals surface area contributed by atoms with E-state index in [4.69, 9.17) is 0 Å². The minimum absolute atomic E-state index is 0.131. The van der Waals surface area contributed by atoms with Crippen LogP contribution in [0.15, 0.2) is 17.3 Å². The third kappa shape index (κ3) is 5.83. The number of thioether (sulfide) groups is 1. The Labute approximate surface area is 107 Å². The summed E-state index contributed by atoms with van der Waals surface area (Å²) in [4.78, 5) is 0. The molecule has 1 heterocycles. The summed E-state index contributed by atoms with van der Waals surface area (Å²) in [7, 11) is 0. The number of nitrogens with zero attached hydrogens (tertiary/aromatic N) is 4. The fourth-order valence-electron chi connectivity index (χ4n) is 1.20. The summed E-state index contributed by atoms with van der Waals surface area (Å²) >= 11 is 1.65. The van der Waals surface area contributed by atoms with E-state index in [1.807, 2.05) is 17.7 Å². The van der Waals surface area contributed by atoms with Crippen LogP contribution in [0.3, 0.4) is 0 Å². The molecule has 0 atom stereocenters. The van der Waals surface area contributed by atoms with Crippen molar-refractivity contribution in [2.45, 2.75) is 44.9 Å². The Bertz CT molecular complexity index is 353. The molecule has 1 rings (SSSR count). The Morgan fingerprint density at radius 1 is 1.41 bits per heavy atom. The van der Waals surface area contributed by atoms with E-state index in [1.165, 1.54) is 0 Å². The van der Waals surface area contributed by atoms with Gasteiger partial charge in [-0.25, -0.2) is 4.68 Å². The lowest BCUT2D eigenvalue weighted by Gasteiger charge is -2.20. The second-order valence-corrected chi connectivity index (χ2v) is 5.73. The van der Waals surface area contributed by atoms with E-state index < -0.39 is 0 Å². The largest absolute Gasteiger partial charge is 0.310 e. The predicted molar refractivity (Wildman–Crippen MR) is 71.1 cm³/mol. The fraction of sp³-hybridized carbons (Fsp3) is 0.727. The van der Waals surface area contributed by atoms with Gasteiger partial charge < -0.3 is 5.32 Å². The number of nitrogens with one attached hydrogen (secondary N) is 1. The number of aromatic nitrogens is 4. The summed E-state index contributed by atoms with van der Waals surface area (Å²) in [6, 6.07) is 0. The van der Waals surface area contributed by atoms with Crippen molar-refractivity contribution in [1.82, 2.24) is 25.5 Å². The van der Waals surface area contributed by atoms with Gasteiger partial charge in [0.15, 0.2) is 0 Å². The van der Waals surface area contributed by atoms with Gasteiger partial charge in [0.1, 0.15) is 0 Å². The molecule has 96 valence electrons. The highest BCUT2D eigenvalue weighted by molar-refractivity contribution is 7.99. The Morgan fingerprint density at radius 3 is 2.82 bits per heavy atom. The van der Waals surface area contributed by atoms with Crippen molar-refractivity contribution < 1.29 is 0 Å². The third-order valence-corrected chi connectivity index (χ3v) is 2.93. The molecule has 0 saturated carbocycles. The van der Waals surface area contributed by atoms with Gasteiger partial charge in [0.2, 0.25) is 5.16 Å². The van der Waals surface area contributed by atoms with Gasteiger partial charge in [0.05, 0.1) is 6.54 Å². The average Bonchev–Trinajstić information content (AvgIpc) is 2.64. The van der Waals surface area contributed by atoms with Crippen LogP contribution in [0.4, 0.5) is 0 Å². The van der Waals surface area contributed by atoms with Crippen LogP contribution < -0.4 is 5.32 Å². The molecule has 0 fully saturated rings. The lowest BCUT2D eigenvalue weighted by atomic mass is 10.1. The molecule has 6 heteroatoms. The van der Waals surface area contributed by atoms with Crippen molar-refractivity contribution in [3.8, 4) is 0 Å². The first-order chi connectivity index (χ1) is 8.03. The molecule has 0 amide bonds. The molecule has 0 bridgehead atoms. The van der Waals surface area contributed by atoms with Gasteiger partial charge in [-0.3, -0.25) is 0 Å². The average molecular weight is 255 g/mol. The van der Waals surface area contributed by atoms with E-state index in [0.717, 1.165) is 24.0 Å². The van der Waals surface area contributed by atoms with Crippen LogP contribution in [0, 0.1) is 0 Å². The van der Waals surface area contributed by atoms with E-state index in [-0.39, 0.29) is 5.54 Å². The van der Waals surface area contributed by atoms with Crippen LogP contribution in [0.2, 0.25) is 0 Å². The van der Waals surface area contributed by atoms with Gasteiger partial charge in [-0.15, -0.1) is 5.10 Å². The highest BCUT2D eigenvalue weighted by Crippen LogP contribution is 2.13. The van der Waals surface area contributed by atoms with E-state index in [9.17, 15) is 0 Å². The maximum Gasteiger partial charge on any atom is 0.209 e. The monoisotopic (exact) mass is 255 g/mol. The number of hydrogen-bond donors (Lipinski definition) is 1. The summed E-state index contributed by atoms with van der Waals surface area (Å²) in [5.74, 6) is 0.906. The summed E-state index contributed by atoms with van der Waals surface area (Å²) in [5.41, 5.74) is 0.131. The zero-order valence-corrected chi connectivity index (χ0v) is 11.8. The summed E-state index contributed by atoms with van der Waals surface area (Å²) in [6.07, 6.45) is 4.12. The molecule has 0 aliphatic heterocycles. The van der Waals surface area contributed by atoms with Crippen molar-refractivity contribution >= 4 is 11.8 Å². The maximum atomic E-state index is 4.01. The minimum atomic E-state index is 0.131. The van der Waals surface area contributed by atoms with Crippen molar-refractivity contribution in [3.63, 3.8) is 0 Å². The van der Waals surface area contributed by atoms with E-state index >= 15 is 0 Å². The van der Waals surface area contributed by atoms with Crippen LogP contribution in [-0.4, -0.2) is 38.0 Å². The zero-order valence-electron chi connectivity index (χ0n) is 11.0. The minimum Gasteiger partial charge on any atom is -0.310 e. The summed E-state index contributed by atoms with van der Waals surface area (Å²) in [6.45, 7) is 10.1. The quantitative estimate of drug-likeness (QED) is 0.620. The second kappa shape index (κ2) is 6.76. The van der Waals surface area contributed by atoms with E-state index in [0.29, 0.717) is 0 Å². The van der Waals surface area contributed by atoms with Crippen LogP contribution in [-0.2, 0) is 6.54 Å². The smallest absolute Gasteiger partial charge is 0.209 e. The van der Waals surface area contributed by atoms with Gasteiger partial charge >= 0.3 is 0 Å². The molecule has 5 nitrogen and oxygen atoms in total. The van der Waals surface area contributed by atoms with Crippen LogP contribution in [0.1, 0.15) is 27.7 Å². The van der Waals surface area contributed by atoms with Crippen LogP contribution >= 0.6 is 11.8 Å². The van der Waals surface area contributed by atoms with Gasteiger partial charge in [0, 0.05) is 17.8 Å². The highest BCUT2D eigenvalue weighted by Gasteiger charge is 2.10. The highest BCUT2D eigenvalue weighted by atomic mass is 32.2. The summed E-state index contributed by atoms with van der Waals surface area (Å²) in [5, 5.41) is 16.0. The SMILES string of the molecule is CC=CCSc1nnnn1CCNC(C)(C)C. The van der Waals surface area contributed by atoms with Crippen molar-refractivity contribution in [2.24, 2.45) is 0 Å². The van der Waals surface area contributed by atoms with Gasteiger partial charge in [-0.2, -0.15) is 0 Å². The lowest BCUT2D eigenvalue weighted by Crippen LogP contribution is -2.38. The standard InChI is InChI=1S/C11H21N5S/c1-5-6-9-17-10-13-14-15-16(10)8-7-12-11(2,3)4/h5-6,12H,7-9H2,1-4H3. The molecule has 1 aromatic rings. The lowest BCUT2D eigenvalue weighted by molar-refractivity contribution is 0.396. The molecule has 0 unspecified atom stereocenters. The van der Waals surface area contributed by atoms with Gasteiger partial charge in [0.25, 0.3) is 0 Å². The number of tetrazole rings is 1. The fourth-order valence-corrected chi connectivity index (χ4v) is 2.00. The molecule has 1 N–H and O–H groups in total. The number of hydrogen-bond acceptors (Lipinski definition) is 5. The van der Waals surface area contributed by atoms with Crippen molar-refractivity contribution in [1.29, 1.82) is 0 Å². The van der Waals surface area contributed by atoms with Crippen LogP contribution in [0.5, 0.6) is 0 Å². The molecule has 17 heavy (non-hydrogen) atoms. The van der Waals surface area contributed by atoms with E-state index in [1.54, 1.807) is 11.8 Å². The number of rotatable bonds is 6. The molecule has 0 aliphatic rings. The maximum absolute atomic E-state index is 4.01. The molecule has 0 spiro atoms. The first-order valence-corrected chi connectivity index (χ1v) is 6.76. The third-order valence-electron chi connectivity index (χ3n) is 2.02. The summed E-state index contributed by atoms with van der Waals surface area (Å²) < 4.78 is 1.84. The first-order valence-electron chi connectivity index (χ1n) is 5.78. The van der Waals surface area contributed by atoms with Crippen molar-refractivity contribution in [2.75, 3.05) is 12.3 Å². The van der Waals surface area contributed by atoms with Gasteiger partial charge in [-0.05, 0) is 38.1 Å². The first kappa shape index (κ1) is 14.2. The van der Waals surface area contributed by atoms with E-state index in [2.05, 4.69) is 47.7 Å². The normalized spacial score (nSPS) is 12.5. The molecule has 0 saturated heterocycles. The molecular weight excluding hydrogens is 234 g/mol. The Balaban J connectivity index is 2.40. The molecule has 0 aliphatic carbocycles. The Morgan fingerprint density at radius 2 is 2.18 bits per heavy atom. The topological polar surface area (TPSA) is 55.6 Å². The molecule has 0 radical (unpaired) electrons. The Hall–Kier alpha value is -0.880. The Kier molecular flexibility index (Phi) is 5.64.